The van der Waals surface area contributed by atoms with Crippen LogP contribution in [-0.4, -0.2) is 11.3 Å². The maximum absolute atomic E-state index is 10.5. The summed E-state index contributed by atoms with van der Waals surface area (Å²) in [4.78, 5) is 14.8. The number of rotatable bonds is 2. The Kier molecular flexibility index (Phi) is 2.37. The molecule has 0 atom stereocenters. The van der Waals surface area contributed by atoms with Crippen molar-refractivity contribution in [3.05, 3.63) is 41.4 Å². The van der Waals surface area contributed by atoms with Gasteiger partial charge in [-0.15, -0.1) is 0 Å². The van der Waals surface area contributed by atoms with Crippen LogP contribution in [0.3, 0.4) is 0 Å². The Morgan fingerprint density at radius 1 is 1.20 bits per heavy atom. The van der Waals surface area contributed by atoms with Crippen LogP contribution in [-0.2, 0) is 0 Å². The summed E-state index contributed by atoms with van der Waals surface area (Å²) >= 11 is 0. The molecule has 15 heavy (non-hydrogen) atoms. The van der Waals surface area contributed by atoms with Gasteiger partial charge in [-0.05, 0) is 38.1 Å². The highest BCUT2D eigenvalue weighted by Crippen LogP contribution is 2.22. The molecule has 3 heteroatoms. The predicted octanol–water partition coefficient (Wildman–Crippen LogP) is 2.77. The third-order valence-electron chi connectivity index (χ3n) is 2.11. The standard InChI is InChI=1S/C12H11NO2/c1-8-5-10(6-9(2)13-8)12-4-3-11(7-14)15-12/h3-7H,1-2H3. The van der Waals surface area contributed by atoms with Gasteiger partial charge in [0.25, 0.3) is 0 Å². The summed E-state index contributed by atoms with van der Waals surface area (Å²) in [7, 11) is 0. The molecule has 0 aromatic carbocycles. The summed E-state index contributed by atoms with van der Waals surface area (Å²) < 4.78 is 5.33. The Morgan fingerprint density at radius 2 is 1.87 bits per heavy atom. The monoisotopic (exact) mass is 201 g/mol. The zero-order chi connectivity index (χ0) is 10.8. The van der Waals surface area contributed by atoms with E-state index in [1.54, 1.807) is 12.1 Å². The van der Waals surface area contributed by atoms with Crippen LogP contribution in [0.1, 0.15) is 21.9 Å². The van der Waals surface area contributed by atoms with Gasteiger partial charge in [-0.3, -0.25) is 9.78 Å². The van der Waals surface area contributed by atoms with Crippen molar-refractivity contribution < 1.29 is 9.21 Å². The van der Waals surface area contributed by atoms with E-state index < -0.39 is 0 Å². The fourth-order valence-electron chi connectivity index (χ4n) is 1.55. The average Bonchev–Trinajstić information content (AvgIpc) is 2.64. The number of aryl methyl sites for hydroxylation is 2. The number of nitrogens with zero attached hydrogens (tertiary/aromatic N) is 1. The minimum atomic E-state index is 0.345. The number of carbonyl (C=O) groups is 1. The van der Waals surface area contributed by atoms with Crippen molar-refractivity contribution in [3.63, 3.8) is 0 Å². The molecular weight excluding hydrogens is 190 g/mol. The van der Waals surface area contributed by atoms with Crippen LogP contribution < -0.4 is 0 Å². The second-order valence-electron chi connectivity index (χ2n) is 3.46. The van der Waals surface area contributed by atoms with Crippen LogP contribution in [0.4, 0.5) is 0 Å². The Morgan fingerprint density at radius 3 is 2.40 bits per heavy atom. The van der Waals surface area contributed by atoms with Crippen molar-refractivity contribution in [2.24, 2.45) is 0 Å². The van der Waals surface area contributed by atoms with Gasteiger partial charge in [0.2, 0.25) is 0 Å². The second kappa shape index (κ2) is 3.69. The highest BCUT2D eigenvalue weighted by atomic mass is 16.3. The first kappa shape index (κ1) is 9.65. The largest absolute Gasteiger partial charge is 0.453 e. The van der Waals surface area contributed by atoms with Gasteiger partial charge < -0.3 is 4.42 Å². The first-order chi connectivity index (χ1) is 7.19. The van der Waals surface area contributed by atoms with Gasteiger partial charge in [-0.2, -0.15) is 0 Å². The molecule has 0 aliphatic heterocycles. The van der Waals surface area contributed by atoms with E-state index in [1.165, 1.54) is 0 Å². The third-order valence-corrected chi connectivity index (χ3v) is 2.11. The fraction of sp³-hybridized carbons (Fsp3) is 0.167. The molecular formula is C12H11NO2. The highest BCUT2D eigenvalue weighted by Gasteiger charge is 2.05. The summed E-state index contributed by atoms with van der Waals surface area (Å²) in [5.74, 6) is 1.04. The zero-order valence-corrected chi connectivity index (χ0v) is 8.65. The Bertz CT molecular complexity index is 480. The molecule has 0 saturated carbocycles. The summed E-state index contributed by atoms with van der Waals surface area (Å²) in [5, 5.41) is 0. The van der Waals surface area contributed by atoms with Crippen molar-refractivity contribution in [2.45, 2.75) is 13.8 Å². The molecule has 2 aromatic rings. The molecule has 0 aliphatic rings. The molecule has 2 rings (SSSR count). The maximum Gasteiger partial charge on any atom is 0.185 e. The van der Waals surface area contributed by atoms with Crippen molar-refractivity contribution in [2.75, 3.05) is 0 Å². The predicted molar refractivity (Wildman–Crippen MR) is 56.8 cm³/mol. The molecule has 0 radical (unpaired) electrons. The number of hydrogen-bond acceptors (Lipinski definition) is 3. The van der Waals surface area contributed by atoms with E-state index >= 15 is 0 Å². The Labute approximate surface area is 87.8 Å². The van der Waals surface area contributed by atoms with Gasteiger partial charge in [-0.1, -0.05) is 0 Å². The van der Waals surface area contributed by atoms with Crippen molar-refractivity contribution in [1.82, 2.24) is 4.98 Å². The molecule has 2 heterocycles. The quantitative estimate of drug-likeness (QED) is 0.701. The number of carbonyl (C=O) groups excluding carboxylic acids is 1. The number of hydrogen-bond donors (Lipinski definition) is 0. The second-order valence-corrected chi connectivity index (χ2v) is 3.46. The number of aromatic nitrogens is 1. The van der Waals surface area contributed by atoms with Gasteiger partial charge in [0.05, 0.1) is 0 Å². The van der Waals surface area contributed by atoms with Crippen molar-refractivity contribution in [3.8, 4) is 11.3 Å². The Hall–Kier alpha value is -1.90. The highest BCUT2D eigenvalue weighted by molar-refractivity contribution is 5.72. The molecule has 0 fully saturated rings. The molecule has 0 spiro atoms. The molecule has 0 amide bonds. The third kappa shape index (κ3) is 1.96. The van der Waals surface area contributed by atoms with Gasteiger partial charge in [0.15, 0.2) is 12.0 Å². The van der Waals surface area contributed by atoms with Crippen molar-refractivity contribution >= 4 is 6.29 Å². The smallest absolute Gasteiger partial charge is 0.185 e. The van der Waals surface area contributed by atoms with Gasteiger partial charge in [-0.25, -0.2) is 0 Å². The lowest BCUT2D eigenvalue weighted by Crippen LogP contribution is -1.86. The van der Waals surface area contributed by atoms with E-state index in [-0.39, 0.29) is 0 Å². The van der Waals surface area contributed by atoms with Crippen LogP contribution in [0.15, 0.2) is 28.7 Å². The lowest BCUT2D eigenvalue weighted by atomic mass is 10.1. The average molecular weight is 201 g/mol. The van der Waals surface area contributed by atoms with Crippen LogP contribution in [0.2, 0.25) is 0 Å². The molecule has 0 unspecified atom stereocenters. The molecule has 0 bridgehead atoms. The fourth-order valence-corrected chi connectivity index (χ4v) is 1.55. The van der Waals surface area contributed by atoms with Crippen LogP contribution in [0, 0.1) is 13.8 Å². The van der Waals surface area contributed by atoms with E-state index in [0.717, 1.165) is 17.0 Å². The first-order valence-corrected chi connectivity index (χ1v) is 4.70. The van der Waals surface area contributed by atoms with Gasteiger partial charge in [0, 0.05) is 17.0 Å². The minimum Gasteiger partial charge on any atom is -0.453 e. The molecule has 2 aromatic heterocycles. The molecule has 0 aliphatic carbocycles. The summed E-state index contributed by atoms with van der Waals surface area (Å²) in [6.45, 7) is 3.86. The lowest BCUT2D eigenvalue weighted by Gasteiger charge is -2.00. The van der Waals surface area contributed by atoms with Crippen LogP contribution in [0.5, 0.6) is 0 Å². The van der Waals surface area contributed by atoms with Crippen LogP contribution >= 0.6 is 0 Å². The number of furan rings is 1. The zero-order valence-electron chi connectivity index (χ0n) is 8.65. The molecule has 0 N–H and O–H groups in total. The molecule has 3 nitrogen and oxygen atoms in total. The van der Waals surface area contributed by atoms with Crippen molar-refractivity contribution in [1.29, 1.82) is 0 Å². The normalized spacial score (nSPS) is 10.3. The van der Waals surface area contributed by atoms with Crippen LogP contribution in [0.25, 0.3) is 11.3 Å². The van der Waals surface area contributed by atoms with Gasteiger partial charge in [0.1, 0.15) is 5.76 Å². The van der Waals surface area contributed by atoms with Gasteiger partial charge >= 0.3 is 0 Å². The van der Waals surface area contributed by atoms with E-state index in [0.29, 0.717) is 17.8 Å². The summed E-state index contributed by atoms with van der Waals surface area (Å²) in [6.07, 6.45) is 0.699. The summed E-state index contributed by atoms with van der Waals surface area (Å²) in [5.41, 5.74) is 2.83. The summed E-state index contributed by atoms with van der Waals surface area (Å²) in [6, 6.07) is 7.31. The first-order valence-electron chi connectivity index (χ1n) is 4.70. The molecule has 0 saturated heterocycles. The molecule has 76 valence electrons. The van der Waals surface area contributed by atoms with E-state index in [9.17, 15) is 4.79 Å². The van der Waals surface area contributed by atoms with E-state index in [2.05, 4.69) is 4.98 Å². The number of pyridine rings is 1. The Balaban J connectivity index is 2.48. The topological polar surface area (TPSA) is 43.1 Å². The number of aldehydes is 1. The SMILES string of the molecule is Cc1cc(-c2ccc(C=O)o2)cc(C)n1. The van der Waals surface area contributed by atoms with E-state index in [1.807, 2.05) is 26.0 Å². The minimum absolute atomic E-state index is 0.345. The van der Waals surface area contributed by atoms with E-state index in [4.69, 9.17) is 4.42 Å². The lowest BCUT2D eigenvalue weighted by molar-refractivity contribution is 0.110. The maximum atomic E-state index is 10.5.